The van der Waals surface area contributed by atoms with Crippen molar-refractivity contribution in [1.82, 2.24) is 24.9 Å². The van der Waals surface area contributed by atoms with Gasteiger partial charge < -0.3 is 9.64 Å². The molecule has 0 unspecified atom stereocenters. The number of rotatable bonds is 4. The van der Waals surface area contributed by atoms with Crippen molar-refractivity contribution in [3.63, 3.8) is 0 Å². The van der Waals surface area contributed by atoms with Crippen molar-refractivity contribution in [3.8, 4) is 0 Å². The van der Waals surface area contributed by atoms with Crippen LogP contribution in [0.2, 0.25) is 0 Å². The van der Waals surface area contributed by atoms with Gasteiger partial charge in [0.1, 0.15) is 0 Å². The Balaban J connectivity index is 1.19. The summed E-state index contributed by atoms with van der Waals surface area (Å²) in [4.78, 5) is 4.74. The second-order valence-electron chi connectivity index (χ2n) is 7.76. The second kappa shape index (κ2) is 6.63. The maximum absolute atomic E-state index is 5.50. The van der Waals surface area contributed by atoms with Crippen molar-refractivity contribution < 1.29 is 4.74 Å². The Morgan fingerprint density at radius 3 is 2.96 bits per heavy atom. The van der Waals surface area contributed by atoms with Gasteiger partial charge in [-0.05, 0) is 50.4 Å². The largest absolute Gasteiger partial charge is 0.373 e. The Morgan fingerprint density at radius 1 is 1.19 bits per heavy atom. The Bertz CT molecular complexity index is 774. The number of hydrogen-bond donors (Lipinski definition) is 0. The number of ether oxygens (including phenoxy) is 1. The normalized spacial score (nSPS) is 20.0. The van der Waals surface area contributed by atoms with Crippen LogP contribution in [0.25, 0.3) is 0 Å². The van der Waals surface area contributed by atoms with E-state index in [0.29, 0.717) is 12.6 Å². The Morgan fingerprint density at radius 2 is 2.08 bits per heavy atom. The Labute approximate surface area is 153 Å². The molecule has 26 heavy (non-hydrogen) atoms. The first-order valence-electron chi connectivity index (χ1n) is 9.70. The zero-order chi connectivity index (χ0) is 17.5. The van der Waals surface area contributed by atoms with E-state index in [1.807, 2.05) is 0 Å². The highest BCUT2D eigenvalue weighted by atomic mass is 16.5. The minimum atomic E-state index is 0.544. The maximum atomic E-state index is 5.50. The molecule has 1 saturated heterocycles. The smallest absolute Gasteiger partial charge is 0.151 e. The summed E-state index contributed by atoms with van der Waals surface area (Å²) in [5.74, 6) is 1.05. The van der Waals surface area contributed by atoms with Gasteiger partial charge in [-0.3, -0.25) is 9.58 Å². The fourth-order valence-corrected chi connectivity index (χ4v) is 4.17. The van der Waals surface area contributed by atoms with E-state index in [9.17, 15) is 0 Å². The van der Waals surface area contributed by atoms with Crippen LogP contribution >= 0.6 is 0 Å². The first kappa shape index (κ1) is 16.2. The maximum Gasteiger partial charge on any atom is 0.151 e. The lowest BCUT2D eigenvalue weighted by Crippen LogP contribution is -2.58. The van der Waals surface area contributed by atoms with Crippen LogP contribution in [0.4, 0.5) is 5.82 Å². The molecule has 0 N–H and O–H groups in total. The van der Waals surface area contributed by atoms with Gasteiger partial charge in [-0.1, -0.05) is 0 Å². The molecule has 0 spiro atoms. The molecule has 0 saturated carbocycles. The average Bonchev–Trinajstić information content (AvgIpc) is 3.02. The van der Waals surface area contributed by atoms with Gasteiger partial charge in [-0.2, -0.15) is 10.2 Å². The number of aromatic nitrogens is 4. The lowest BCUT2D eigenvalue weighted by atomic mass is 9.96. The molecule has 7 heteroatoms. The van der Waals surface area contributed by atoms with E-state index in [0.717, 1.165) is 57.1 Å². The summed E-state index contributed by atoms with van der Waals surface area (Å²) in [5.41, 5.74) is 4.95. The average molecular weight is 354 g/mol. The Hall–Kier alpha value is -1.99. The number of fused-ring (bicyclic) bond motifs is 2. The molecule has 3 aliphatic rings. The van der Waals surface area contributed by atoms with Gasteiger partial charge in [0, 0.05) is 25.7 Å². The summed E-state index contributed by atoms with van der Waals surface area (Å²) in [7, 11) is 2.19. The molecule has 2 aromatic rings. The number of nitrogens with zero attached hydrogens (tertiary/aromatic N) is 6. The van der Waals surface area contributed by atoms with Crippen LogP contribution in [-0.2, 0) is 37.3 Å². The summed E-state index contributed by atoms with van der Waals surface area (Å²) in [6.07, 6.45) is 4.78. The molecule has 0 atom stereocenters. The van der Waals surface area contributed by atoms with Gasteiger partial charge in [-0.25, -0.2) is 0 Å². The number of anilines is 1. The van der Waals surface area contributed by atoms with Crippen LogP contribution in [0, 0.1) is 0 Å². The molecule has 0 aromatic carbocycles. The van der Waals surface area contributed by atoms with Crippen molar-refractivity contribution in [2.45, 2.75) is 51.4 Å². The van der Waals surface area contributed by atoms with Crippen LogP contribution in [0.5, 0.6) is 0 Å². The predicted octanol–water partition coefficient (Wildman–Crippen LogP) is 1.40. The topological polar surface area (TPSA) is 59.3 Å². The summed E-state index contributed by atoms with van der Waals surface area (Å²) < 4.78 is 7.59. The van der Waals surface area contributed by atoms with Crippen LogP contribution < -0.4 is 4.90 Å². The summed E-state index contributed by atoms with van der Waals surface area (Å²) in [6, 6.07) is 4.99. The van der Waals surface area contributed by atoms with Gasteiger partial charge in [0.05, 0.1) is 36.8 Å². The van der Waals surface area contributed by atoms with E-state index in [1.54, 1.807) is 0 Å². The molecule has 0 radical (unpaired) electrons. The molecule has 2 aromatic heterocycles. The first-order chi connectivity index (χ1) is 12.8. The highest BCUT2D eigenvalue weighted by Crippen LogP contribution is 2.26. The molecule has 0 amide bonds. The Kier molecular flexibility index (Phi) is 4.13. The van der Waals surface area contributed by atoms with Crippen LogP contribution in [0.3, 0.4) is 0 Å². The van der Waals surface area contributed by atoms with Gasteiger partial charge >= 0.3 is 0 Å². The van der Waals surface area contributed by atoms with E-state index in [1.165, 1.54) is 29.8 Å². The summed E-state index contributed by atoms with van der Waals surface area (Å²) >= 11 is 0. The lowest BCUT2D eigenvalue weighted by molar-refractivity contribution is 0.0799. The third-order valence-corrected chi connectivity index (χ3v) is 5.89. The number of aryl methyl sites for hydroxylation is 2. The molecular formula is C19H26N6O. The third-order valence-electron chi connectivity index (χ3n) is 5.89. The number of hydrogen-bond acceptors (Lipinski definition) is 6. The van der Waals surface area contributed by atoms with Gasteiger partial charge in [0.2, 0.25) is 0 Å². The molecule has 2 aliphatic heterocycles. The third kappa shape index (κ3) is 2.99. The van der Waals surface area contributed by atoms with Crippen LogP contribution in [0.15, 0.2) is 12.1 Å². The van der Waals surface area contributed by atoms with Gasteiger partial charge in [-0.15, -0.1) is 5.10 Å². The standard InChI is InChI=1S/C19H26N6O/c1-23(10-15-9-16-13-26-7-6-25(16)22-15)17-11-24(12-17)19-8-14-4-2-3-5-18(14)20-21-19/h8-9,17H,2-7,10-13H2,1H3. The minimum Gasteiger partial charge on any atom is -0.373 e. The van der Waals surface area contributed by atoms with Crippen molar-refractivity contribution in [2.24, 2.45) is 0 Å². The predicted molar refractivity (Wildman–Crippen MR) is 98.0 cm³/mol. The lowest BCUT2D eigenvalue weighted by Gasteiger charge is -2.44. The summed E-state index contributed by atoms with van der Waals surface area (Å²) in [6.45, 7) is 5.23. The molecule has 7 nitrogen and oxygen atoms in total. The van der Waals surface area contributed by atoms with E-state index in [4.69, 9.17) is 9.84 Å². The van der Waals surface area contributed by atoms with E-state index in [-0.39, 0.29) is 0 Å². The molecular weight excluding hydrogens is 328 g/mol. The fraction of sp³-hybridized carbons (Fsp3) is 0.632. The van der Waals surface area contributed by atoms with Crippen LogP contribution in [0.1, 0.15) is 35.5 Å². The molecule has 0 bridgehead atoms. The fourth-order valence-electron chi connectivity index (χ4n) is 4.17. The van der Waals surface area contributed by atoms with Crippen LogP contribution in [-0.4, -0.2) is 57.7 Å². The van der Waals surface area contributed by atoms with E-state index >= 15 is 0 Å². The highest BCUT2D eigenvalue weighted by Gasteiger charge is 2.32. The van der Waals surface area contributed by atoms with Crippen molar-refractivity contribution in [2.75, 3.05) is 31.6 Å². The zero-order valence-corrected chi connectivity index (χ0v) is 15.4. The van der Waals surface area contributed by atoms with E-state index < -0.39 is 0 Å². The monoisotopic (exact) mass is 354 g/mol. The molecule has 5 rings (SSSR count). The quantitative estimate of drug-likeness (QED) is 0.827. The zero-order valence-electron chi connectivity index (χ0n) is 15.4. The molecule has 1 aliphatic carbocycles. The molecule has 138 valence electrons. The number of likely N-dealkylation sites (N-methyl/N-ethyl adjacent to an activating group) is 1. The highest BCUT2D eigenvalue weighted by molar-refractivity contribution is 5.45. The molecule has 1 fully saturated rings. The van der Waals surface area contributed by atoms with Crippen molar-refractivity contribution in [1.29, 1.82) is 0 Å². The van der Waals surface area contributed by atoms with Crippen molar-refractivity contribution >= 4 is 5.82 Å². The first-order valence-corrected chi connectivity index (χ1v) is 9.70. The van der Waals surface area contributed by atoms with Gasteiger partial charge in [0.25, 0.3) is 0 Å². The van der Waals surface area contributed by atoms with Crippen molar-refractivity contribution in [3.05, 3.63) is 34.8 Å². The second-order valence-corrected chi connectivity index (χ2v) is 7.76. The summed E-state index contributed by atoms with van der Waals surface area (Å²) in [5, 5.41) is 13.6. The minimum absolute atomic E-state index is 0.544. The van der Waals surface area contributed by atoms with Gasteiger partial charge in [0.15, 0.2) is 5.82 Å². The van der Waals surface area contributed by atoms with E-state index in [2.05, 4.69) is 43.9 Å². The molecule has 4 heterocycles. The SMILES string of the molecule is CN(Cc1cc2n(n1)CCOC2)C1CN(c2cc3c(nn2)CCCC3)C1.